The van der Waals surface area contributed by atoms with Crippen molar-refractivity contribution in [2.24, 2.45) is 0 Å². The molecule has 0 fully saturated rings. The number of nitrogens with one attached hydrogen (secondary N) is 2. The van der Waals surface area contributed by atoms with Crippen molar-refractivity contribution in [1.82, 2.24) is 10.6 Å². The van der Waals surface area contributed by atoms with Crippen molar-refractivity contribution in [1.29, 1.82) is 0 Å². The zero-order valence-electron chi connectivity index (χ0n) is 17.0. The number of hydrogen-bond acceptors (Lipinski definition) is 3. The lowest BCUT2D eigenvalue weighted by atomic mass is 10.1. The van der Waals surface area contributed by atoms with Gasteiger partial charge in [0.15, 0.2) is 0 Å². The van der Waals surface area contributed by atoms with Crippen molar-refractivity contribution in [3.05, 3.63) is 112 Å². The first-order valence-electron chi connectivity index (χ1n) is 9.83. The van der Waals surface area contributed by atoms with Crippen LogP contribution in [0.3, 0.4) is 0 Å². The predicted octanol–water partition coefficient (Wildman–Crippen LogP) is 4.03. The van der Waals surface area contributed by atoms with E-state index >= 15 is 0 Å². The van der Waals surface area contributed by atoms with Crippen molar-refractivity contribution in [2.45, 2.75) is 12.5 Å². The molecule has 0 spiro atoms. The highest BCUT2D eigenvalue weighted by atomic mass is 79.9. The second kappa shape index (κ2) is 11.1. The molecule has 1 unspecified atom stereocenters. The quantitative estimate of drug-likeness (QED) is 0.413. The van der Waals surface area contributed by atoms with E-state index in [4.69, 9.17) is 0 Å². The molecule has 1 atom stereocenters. The fourth-order valence-electron chi connectivity index (χ4n) is 2.95. The number of carbonyl (C=O) groups is 3. The third-order valence-corrected chi connectivity index (χ3v) is 5.12. The maximum atomic E-state index is 13.0. The Kier molecular flexibility index (Phi) is 7.94. The van der Waals surface area contributed by atoms with Crippen molar-refractivity contribution < 1.29 is 19.5 Å². The molecular formula is C25H21BrN2O4. The highest BCUT2D eigenvalue weighted by Crippen LogP contribution is 2.14. The monoisotopic (exact) mass is 492 g/mol. The van der Waals surface area contributed by atoms with Gasteiger partial charge in [-0.1, -0.05) is 76.6 Å². The molecule has 6 nitrogen and oxygen atoms in total. The summed E-state index contributed by atoms with van der Waals surface area (Å²) in [7, 11) is 0. The Bertz CT molecular complexity index is 1110. The van der Waals surface area contributed by atoms with Gasteiger partial charge in [-0.15, -0.1) is 0 Å². The molecule has 0 saturated carbocycles. The lowest BCUT2D eigenvalue weighted by Crippen LogP contribution is -2.45. The molecule has 2 amide bonds. The first kappa shape index (κ1) is 23.0. The van der Waals surface area contributed by atoms with E-state index in [-0.39, 0.29) is 12.1 Å². The van der Waals surface area contributed by atoms with Gasteiger partial charge in [-0.05, 0) is 41.5 Å². The summed E-state index contributed by atoms with van der Waals surface area (Å²) in [5.74, 6) is -2.33. The van der Waals surface area contributed by atoms with Crippen molar-refractivity contribution in [2.75, 3.05) is 0 Å². The summed E-state index contributed by atoms with van der Waals surface area (Å²) in [6.07, 6.45) is 1.62. The molecule has 3 rings (SSSR count). The minimum atomic E-state index is -1.17. The third kappa shape index (κ3) is 6.65. The maximum Gasteiger partial charge on any atom is 0.326 e. The number of rotatable bonds is 8. The molecule has 0 radical (unpaired) electrons. The van der Waals surface area contributed by atoms with Gasteiger partial charge < -0.3 is 15.7 Å². The number of hydrogen-bond donors (Lipinski definition) is 3. The summed E-state index contributed by atoms with van der Waals surface area (Å²) in [4.78, 5) is 37.5. The summed E-state index contributed by atoms with van der Waals surface area (Å²) in [6, 6.07) is 23.5. The second-order valence-corrected chi connectivity index (χ2v) is 7.90. The molecule has 3 aromatic rings. The summed E-state index contributed by atoms with van der Waals surface area (Å²) < 4.78 is 0.864. The van der Waals surface area contributed by atoms with E-state index < -0.39 is 23.8 Å². The third-order valence-electron chi connectivity index (χ3n) is 4.60. The lowest BCUT2D eigenvalue weighted by Gasteiger charge is -2.17. The van der Waals surface area contributed by atoms with Crippen molar-refractivity contribution in [3.8, 4) is 0 Å². The minimum Gasteiger partial charge on any atom is -0.480 e. The van der Waals surface area contributed by atoms with E-state index in [1.54, 1.807) is 78.9 Å². The number of carbonyl (C=O) groups excluding carboxylic acids is 2. The van der Waals surface area contributed by atoms with Gasteiger partial charge in [-0.3, -0.25) is 9.59 Å². The van der Waals surface area contributed by atoms with E-state index in [0.29, 0.717) is 11.1 Å². The van der Waals surface area contributed by atoms with Crippen LogP contribution >= 0.6 is 15.9 Å². The molecule has 0 saturated heterocycles. The van der Waals surface area contributed by atoms with Crippen LogP contribution in [0.2, 0.25) is 0 Å². The van der Waals surface area contributed by atoms with E-state index in [9.17, 15) is 19.5 Å². The predicted molar refractivity (Wildman–Crippen MR) is 126 cm³/mol. The van der Waals surface area contributed by atoms with E-state index in [0.717, 1.165) is 10.0 Å². The summed E-state index contributed by atoms with van der Waals surface area (Å²) in [5, 5.41) is 14.8. The Morgan fingerprint density at radius 1 is 0.875 bits per heavy atom. The number of carboxylic acid groups (broad SMARTS) is 1. The van der Waals surface area contributed by atoms with Crippen molar-refractivity contribution in [3.63, 3.8) is 0 Å². The number of amides is 2. The van der Waals surface area contributed by atoms with Gasteiger partial charge >= 0.3 is 5.97 Å². The SMILES string of the molecule is O=C(NC(Cc1ccccc1)C(=O)O)C(=Cc1ccc(Br)cc1)NC(=O)c1ccccc1. The average Bonchev–Trinajstić information content (AvgIpc) is 2.80. The number of halogens is 1. The van der Waals surface area contributed by atoms with Crippen LogP contribution < -0.4 is 10.6 Å². The van der Waals surface area contributed by atoms with Crippen LogP contribution in [0.15, 0.2) is 95.1 Å². The van der Waals surface area contributed by atoms with Crippen LogP contribution in [0.1, 0.15) is 21.5 Å². The fourth-order valence-corrected chi connectivity index (χ4v) is 3.22. The summed E-state index contributed by atoms with van der Waals surface area (Å²) in [5.41, 5.74) is 1.76. The zero-order valence-corrected chi connectivity index (χ0v) is 18.6. The molecule has 3 N–H and O–H groups in total. The van der Waals surface area contributed by atoms with Gasteiger partial charge in [0.1, 0.15) is 11.7 Å². The normalized spacial score (nSPS) is 12.0. The molecule has 7 heteroatoms. The van der Waals surface area contributed by atoms with Crippen LogP contribution in [0, 0.1) is 0 Å². The molecular weight excluding hydrogens is 472 g/mol. The van der Waals surface area contributed by atoms with Crippen molar-refractivity contribution >= 4 is 39.8 Å². The molecule has 0 aliphatic carbocycles. The van der Waals surface area contributed by atoms with Gasteiger partial charge in [0.05, 0.1) is 0 Å². The van der Waals surface area contributed by atoms with Crippen LogP contribution in [-0.2, 0) is 16.0 Å². The van der Waals surface area contributed by atoms with Crippen LogP contribution in [0.25, 0.3) is 6.08 Å². The molecule has 0 aliphatic rings. The summed E-state index contributed by atoms with van der Waals surface area (Å²) >= 11 is 3.36. The Balaban J connectivity index is 1.85. The second-order valence-electron chi connectivity index (χ2n) is 6.98. The van der Waals surface area contributed by atoms with E-state index in [2.05, 4.69) is 26.6 Å². The van der Waals surface area contributed by atoms with E-state index in [1.807, 2.05) is 6.07 Å². The molecule has 0 heterocycles. The molecule has 3 aromatic carbocycles. The highest BCUT2D eigenvalue weighted by Gasteiger charge is 2.23. The number of benzene rings is 3. The summed E-state index contributed by atoms with van der Waals surface area (Å²) in [6.45, 7) is 0. The van der Waals surface area contributed by atoms with Gasteiger partial charge in [0.25, 0.3) is 11.8 Å². The Labute approximate surface area is 194 Å². The van der Waals surface area contributed by atoms with Gasteiger partial charge in [0, 0.05) is 16.5 Å². The first-order valence-corrected chi connectivity index (χ1v) is 10.6. The first-order chi connectivity index (χ1) is 15.4. The number of aliphatic carboxylic acids is 1. The Morgan fingerprint density at radius 2 is 1.47 bits per heavy atom. The molecule has 32 heavy (non-hydrogen) atoms. The minimum absolute atomic E-state index is 0.0551. The van der Waals surface area contributed by atoms with Crippen LogP contribution in [0.4, 0.5) is 0 Å². The lowest BCUT2D eigenvalue weighted by molar-refractivity contribution is -0.141. The maximum absolute atomic E-state index is 13.0. The Morgan fingerprint density at radius 3 is 2.06 bits per heavy atom. The van der Waals surface area contributed by atoms with Gasteiger partial charge in [-0.25, -0.2) is 4.79 Å². The zero-order chi connectivity index (χ0) is 22.9. The highest BCUT2D eigenvalue weighted by molar-refractivity contribution is 9.10. The van der Waals surface area contributed by atoms with Crippen LogP contribution in [0.5, 0.6) is 0 Å². The van der Waals surface area contributed by atoms with Gasteiger partial charge in [0.2, 0.25) is 0 Å². The molecule has 0 bridgehead atoms. The topological polar surface area (TPSA) is 95.5 Å². The van der Waals surface area contributed by atoms with Crippen LogP contribution in [-0.4, -0.2) is 28.9 Å². The molecule has 0 aliphatic heterocycles. The Hall–Kier alpha value is -3.71. The van der Waals surface area contributed by atoms with E-state index in [1.165, 1.54) is 6.08 Å². The smallest absolute Gasteiger partial charge is 0.326 e. The largest absolute Gasteiger partial charge is 0.480 e. The molecule has 0 aromatic heterocycles. The fraction of sp³-hybridized carbons (Fsp3) is 0.0800. The number of carboxylic acids is 1. The standard InChI is InChI=1S/C25H21BrN2O4/c26-20-13-11-18(12-14-20)15-21(27-23(29)19-9-5-2-6-10-19)24(30)28-22(25(31)32)16-17-7-3-1-4-8-17/h1-15,22H,16H2,(H,27,29)(H,28,30)(H,31,32). The average molecular weight is 493 g/mol. The molecule has 162 valence electrons. The van der Waals surface area contributed by atoms with Gasteiger partial charge in [-0.2, -0.15) is 0 Å².